The van der Waals surface area contributed by atoms with Gasteiger partial charge in [0.1, 0.15) is 22.8 Å². The number of amides is 2. The van der Waals surface area contributed by atoms with Gasteiger partial charge in [-0.25, -0.2) is 4.39 Å². The van der Waals surface area contributed by atoms with Crippen LogP contribution in [-0.2, 0) is 16.8 Å². The van der Waals surface area contributed by atoms with E-state index in [-0.39, 0.29) is 11.4 Å². The molecule has 0 aliphatic rings. The van der Waals surface area contributed by atoms with Gasteiger partial charge in [-0.15, -0.1) is 0 Å². The van der Waals surface area contributed by atoms with Gasteiger partial charge in [0.25, 0.3) is 5.91 Å². The molecule has 8 nitrogen and oxygen atoms in total. The number of carbonyl (C=O) groups excluding carboxylic acids is 2. The third-order valence-electron chi connectivity index (χ3n) is 4.57. The molecule has 0 aliphatic carbocycles. The number of phenols is 1. The molecule has 0 bridgehead atoms. The minimum absolute atomic E-state index is 0.108. The molecule has 2 aromatic rings. The Balaban J connectivity index is 2.18. The maximum absolute atomic E-state index is 14.3. The fourth-order valence-corrected chi connectivity index (χ4v) is 2.67. The zero-order chi connectivity index (χ0) is 25.2. The van der Waals surface area contributed by atoms with E-state index in [2.05, 4.69) is 15.6 Å². The van der Waals surface area contributed by atoms with Crippen LogP contribution in [0.3, 0.4) is 0 Å². The summed E-state index contributed by atoms with van der Waals surface area (Å²) < 4.78 is 53.3. The summed E-state index contributed by atoms with van der Waals surface area (Å²) in [5, 5.41) is 33.4. The van der Waals surface area contributed by atoms with Crippen molar-refractivity contribution in [2.75, 3.05) is 5.32 Å². The predicted octanol–water partition coefficient (Wildman–Crippen LogP) is 2.91. The number of nitrogens with zero attached hydrogens (tertiary/aromatic N) is 2. The molecule has 2 amide bonds. The van der Waals surface area contributed by atoms with Gasteiger partial charge in [0.2, 0.25) is 5.91 Å². The fraction of sp³-hybridized carbons (Fsp3) is 0.333. The minimum Gasteiger partial charge on any atom is -0.508 e. The van der Waals surface area contributed by atoms with Crippen LogP contribution in [0.25, 0.3) is 0 Å². The number of aliphatic hydroxyl groups is 1. The first-order valence-electron chi connectivity index (χ1n) is 9.38. The van der Waals surface area contributed by atoms with Crippen LogP contribution in [0.1, 0.15) is 42.4 Å². The second-order valence-corrected chi connectivity index (χ2v) is 7.88. The van der Waals surface area contributed by atoms with Crippen LogP contribution < -0.4 is 10.6 Å². The van der Waals surface area contributed by atoms with Crippen LogP contribution in [-0.4, -0.2) is 38.7 Å². The topological polar surface area (TPSA) is 135 Å². The van der Waals surface area contributed by atoms with Crippen LogP contribution in [0.15, 0.2) is 30.5 Å². The average molecular weight is 468 g/mol. The smallest absolute Gasteiger partial charge is 0.421 e. The van der Waals surface area contributed by atoms with E-state index in [0.717, 1.165) is 0 Å². The van der Waals surface area contributed by atoms with E-state index >= 15 is 0 Å². The maximum Gasteiger partial charge on any atom is 0.421 e. The van der Waals surface area contributed by atoms with E-state index in [4.69, 9.17) is 5.26 Å². The van der Waals surface area contributed by atoms with Crippen LogP contribution in [0.4, 0.5) is 23.2 Å². The molecule has 1 heterocycles. The van der Waals surface area contributed by atoms with Crippen LogP contribution in [0.2, 0.25) is 0 Å². The normalized spacial score (nSPS) is 13.5. The van der Waals surface area contributed by atoms with Gasteiger partial charge in [-0.2, -0.15) is 18.4 Å². The number of hydrogen-bond donors (Lipinski definition) is 4. The Kier molecular flexibility index (Phi) is 6.99. The molecule has 176 valence electrons. The first kappa shape index (κ1) is 25.5. The molecule has 1 aromatic heterocycles. The molecule has 1 unspecified atom stereocenters. The molecular formula is C21H20F4N4O4. The first-order valence-corrected chi connectivity index (χ1v) is 9.38. The number of pyridine rings is 1. The molecule has 12 heteroatoms. The lowest BCUT2D eigenvalue weighted by Gasteiger charge is -2.27. The molecule has 0 saturated heterocycles. The average Bonchev–Trinajstić information content (AvgIpc) is 2.69. The van der Waals surface area contributed by atoms with Gasteiger partial charge in [-0.05, 0) is 45.0 Å². The highest BCUT2D eigenvalue weighted by Crippen LogP contribution is 2.42. The molecule has 1 atom stereocenters. The summed E-state index contributed by atoms with van der Waals surface area (Å²) in [4.78, 5) is 28.3. The Morgan fingerprint density at radius 2 is 1.82 bits per heavy atom. The van der Waals surface area contributed by atoms with Crippen molar-refractivity contribution in [3.8, 4) is 11.8 Å². The van der Waals surface area contributed by atoms with E-state index < -0.39 is 58.2 Å². The molecule has 2 rings (SSSR count). The van der Waals surface area contributed by atoms with Gasteiger partial charge < -0.3 is 20.8 Å². The van der Waals surface area contributed by atoms with E-state index in [9.17, 15) is 37.4 Å². The highest BCUT2D eigenvalue weighted by molar-refractivity contribution is 5.96. The van der Waals surface area contributed by atoms with Crippen molar-refractivity contribution in [2.45, 2.75) is 44.5 Å². The zero-order valence-corrected chi connectivity index (χ0v) is 17.7. The Morgan fingerprint density at radius 3 is 2.39 bits per heavy atom. The predicted molar refractivity (Wildman–Crippen MR) is 107 cm³/mol. The van der Waals surface area contributed by atoms with Crippen molar-refractivity contribution in [2.24, 2.45) is 0 Å². The molecule has 1 aromatic carbocycles. The Hall–Kier alpha value is -3.72. The van der Waals surface area contributed by atoms with Crippen molar-refractivity contribution >= 4 is 17.5 Å². The third-order valence-corrected chi connectivity index (χ3v) is 4.57. The van der Waals surface area contributed by atoms with Crippen molar-refractivity contribution < 1.29 is 37.4 Å². The highest BCUT2D eigenvalue weighted by atomic mass is 19.4. The molecule has 4 N–H and O–H groups in total. The molecule has 0 aliphatic heterocycles. The summed E-state index contributed by atoms with van der Waals surface area (Å²) in [7, 11) is 0. The van der Waals surface area contributed by atoms with E-state index in [1.807, 2.05) is 6.07 Å². The molecule has 0 spiro atoms. The van der Waals surface area contributed by atoms with Gasteiger partial charge in [0.05, 0.1) is 12.5 Å². The van der Waals surface area contributed by atoms with Gasteiger partial charge in [-0.3, -0.25) is 14.6 Å². The SMILES string of the molecule is CC(C)(C#N)NC(=O)c1cc(NC(=O)Cc2cc(O)c(C(C)(O)C(F)(F)F)cc2F)ccn1. The number of hydrogen-bond acceptors (Lipinski definition) is 6. The maximum atomic E-state index is 14.3. The summed E-state index contributed by atoms with van der Waals surface area (Å²) in [5.74, 6) is -3.76. The molecule has 0 saturated carbocycles. The number of benzene rings is 1. The Bertz CT molecular complexity index is 1120. The first-order chi connectivity index (χ1) is 15.1. The van der Waals surface area contributed by atoms with Gasteiger partial charge >= 0.3 is 6.18 Å². The van der Waals surface area contributed by atoms with Crippen LogP contribution >= 0.6 is 0 Å². The largest absolute Gasteiger partial charge is 0.508 e. The summed E-state index contributed by atoms with van der Waals surface area (Å²) in [6, 6.07) is 5.37. The highest BCUT2D eigenvalue weighted by Gasteiger charge is 2.52. The third kappa shape index (κ3) is 5.95. The summed E-state index contributed by atoms with van der Waals surface area (Å²) in [5.41, 5.74) is -6.20. The molecule has 0 radical (unpaired) electrons. The number of alkyl halides is 3. The second-order valence-electron chi connectivity index (χ2n) is 7.88. The lowest BCUT2D eigenvalue weighted by Crippen LogP contribution is -2.42. The Morgan fingerprint density at radius 1 is 1.18 bits per heavy atom. The number of anilines is 1. The van der Waals surface area contributed by atoms with Crippen molar-refractivity contribution in [3.05, 3.63) is 53.1 Å². The number of aromatic hydroxyl groups is 1. The van der Waals surface area contributed by atoms with Crippen LogP contribution in [0, 0.1) is 17.1 Å². The number of nitriles is 1. The van der Waals surface area contributed by atoms with E-state index in [1.54, 1.807) is 0 Å². The number of halogens is 4. The van der Waals surface area contributed by atoms with Gasteiger partial charge in [0.15, 0.2) is 5.60 Å². The van der Waals surface area contributed by atoms with E-state index in [0.29, 0.717) is 19.1 Å². The summed E-state index contributed by atoms with van der Waals surface area (Å²) in [6.07, 6.45) is -4.63. The van der Waals surface area contributed by atoms with Crippen molar-refractivity contribution in [1.29, 1.82) is 5.26 Å². The lowest BCUT2D eigenvalue weighted by molar-refractivity contribution is -0.259. The molecule has 33 heavy (non-hydrogen) atoms. The summed E-state index contributed by atoms with van der Waals surface area (Å²) >= 11 is 0. The number of carbonyl (C=O) groups is 2. The lowest BCUT2D eigenvalue weighted by atomic mass is 9.92. The second kappa shape index (κ2) is 9.03. The standard InChI is InChI=1S/C21H20F4N4O4/c1-19(2,10-26)29-18(32)15-8-12(4-5-27-15)28-17(31)7-11-6-16(30)13(9-14(11)22)20(3,33)21(23,24)25/h4-6,8-9,30,33H,7H2,1-3H3,(H,29,32)(H,27,28,31). The molecule has 0 fully saturated rings. The summed E-state index contributed by atoms with van der Waals surface area (Å²) in [6.45, 7) is 3.31. The number of rotatable bonds is 6. The minimum atomic E-state index is -5.18. The van der Waals surface area contributed by atoms with Crippen LogP contribution in [0.5, 0.6) is 5.75 Å². The van der Waals surface area contributed by atoms with Crippen molar-refractivity contribution in [1.82, 2.24) is 10.3 Å². The number of nitrogens with one attached hydrogen (secondary N) is 2. The van der Waals surface area contributed by atoms with Crippen molar-refractivity contribution in [3.63, 3.8) is 0 Å². The Labute approximate surface area is 185 Å². The van der Waals surface area contributed by atoms with E-state index in [1.165, 1.54) is 32.2 Å². The number of phenolic OH excluding ortho intramolecular Hbond substituents is 1. The monoisotopic (exact) mass is 468 g/mol. The fourth-order valence-electron chi connectivity index (χ4n) is 2.67. The van der Waals surface area contributed by atoms with Gasteiger partial charge in [-0.1, -0.05) is 0 Å². The molecular weight excluding hydrogens is 448 g/mol. The number of aromatic nitrogens is 1. The van der Waals surface area contributed by atoms with Gasteiger partial charge in [0, 0.05) is 23.0 Å². The zero-order valence-electron chi connectivity index (χ0n) is 17.7. The quantitative estimate of drug-likeness (QED) is 0.482.